The molecule has 0 aromatic carbocycles. The number of aromatic nitrogens is 1. The molecule has 0 unspecified atom stereocenters. The molecule has 1 heterocycles. The molecule has 4 nitrogen and oxygen atoms in total. The minimum absolute atomic E-state index is 0.0875. The number of pyridine rings is 1. The monoisotopic (exact) mass is 214 g/mol. The lowest BCUT2D eigenvalue weighted by atomic mass is 10.2. The maximum atomic E-state index is 12.0. The van der Waals surface area contributed by atoms with Gasteiger partial charge >= 0.3 is 0 Å². The molecule has 5 heteroatoms. The predicted octanol–water partition coefficient (Wildman–Crippen LogP) is 0.593. The predicted molar refractivity (Wildman–Crippen MR) is 54.6 cm³/mol. The van der Waals surface area contributed by atoms with Crippen molar-refractivity contribution in [1.82, 2.24) is 4.98 Å². The fourth-order valence-corrected chi connectivity index (χ4v) is 2.25. The van der Waals surface area contributed by atoms with Crippen LogP contribution >= 0.6 is 0 Å². The van der Waals surface area contributed by atoms with Gasteiger partial charge in [0.2, 0.25) is 0 Å². The van der Waals surface area contributed by atoms with Crippen LogP contribution < -0.4 is 5.73 Å². The van der Waals surface area contributed by atoms with E-state index in [1.165, 1.54) is 18.5 Å². The van der Waals surface area contributed by atoms with E-state index < -0.39 is 14.6 Å². The number of rotatable bonds is 3. The standard InChI is InChI=1S/C9H14N2O2S/c1-9(2,7-10)14(12,13)8-4-3-5-11-6-8/h3-6H,7,10H2,1-2H3. The highest BCUT2D eigenvalue weighted by Crippen LogP contribution is 2.23. The highest BCUT2D eigenvalue weighted by atomic mass is 32.2. The Morgan fingerprint density at radius 3 is 2.57 bits per heavy atom. The van der Waals surface area contributed by atoms with Gasteiger partial charge in [-0.25, -0.2) is 8.42 Å². The third kappa shape index (κ3) is 1.78. The summed E-state index contributed by atoms with van der Waals surface area (Å²) in [6.45, 7) is 3.30. The zero-order valence-electron chi connectivity index (χ0n) is 8.27. The minimum atomic E-state index is -3.38. The summed E-state index contributed by atoms with van der Waals surface area (Å²) in [5.41, 5.74) is 5.43. The molecule has 78 valence electrons. The van der Waals surface area contributed by atoms with E-state index in [2.05, 4.69) is 4.98 Å². The normalized spacial score (nSPS) is 12.8. The van der Waals surface area contributed by atoms with Gasteiger partial charge in [0.25, 0.3) is 0 Å². The lowest BCUT2D eigenvalue weighted by molar-refractivity contribution is 0.548. The molecule has 0 spiro atoms. The van der Waals surface area contributed by atoms with Gasteiger partial charge in [0.1, 0.15) is 0 Å². The second-order valence-corrected chi connectivity index (χ2v) is 6.24. The van der Waals surface area contributed by atoms with E-state index in [0.29, 0.717) is 0 Å². The van der Waals surface area contributed by atoms with Crippen molar-refractivity contribution in [2.45, 2.75) is 23.5 Å². The van der Waals surface area contributed by atoms with Crippen molar-refractivity contribution in [2.75, 3.05) is 6.54 Å². The summed E-state index contributed by atoms with van der Waals surface area (Å²) in [6, 6.07) is 3.12. The van der Waals surface area contributed by atoms with E-state index in [4.69, 9.17) is 5.73 Å². The highest BCUT2D eigenvalue weighted by Gasteiger charge is 2.34. The van der Waals surface area contributed by atoms with Crippen molar-refractivity contribution in [3.8, 4) is 0 Å². The number of sulfone groups is 1. The summed E-state index contributed by atoms with van der Waals surface area (Å²) in [7, 11) is -3.38. The maximum absolute atomic E-state index is 12.0. The zero-order valence-corrected chi connectivity index (χ0v) is 9.08. The molecule has 0 aliphatic carbocycles. The van der Waals surface area contributed by atoms with Gasteiger partial charge in [-0.05, 0) is 26.0 Å². The van der Waals surface area contributed by atoms with Crippen molar-refractivity contribution in [2.24, 2.45) is 5.73 Å². The molecule has 0 saturated carbocycles. The average Bonchev–Trinajstić information content (AvgIpc) is 2.19. The van der Waals surface area contributed by atoms with Gasteiger partial charge in [0, 0.05) is 18.9 Å². The van der Waals surface area contributed by atoms with Gasteiger partial charge in [0.05, 0.1) is 9.64 Å². The van der Waals surface area contributed by atoms with E-state index in [-0.39, 0.29) is 11.4 Å². The molecule has 0 bridgehead atoms. The summed E-state index contributed by atoms with van der Waals surface area (Å²) in [5.74, 6) is 0. The first kappa shape index (κ1) is 11.1. The Morgan fingerprint density at radius 1 is 1.50 bits per heavy atom. The first-order valence-corrected chi connectivity index (χ1v) is 5.75. The molecule has 1 rings (SSSR count). The molecule has 0 amide bonds. The number of hydrogen-bond acceptors (Lipinski definition) is 4. The summed E-state index contributed by atoms with van der Waals surface area (Å²) in [4.78, 5) is 4.00. The van der Waals surface area contributed by atoms with E-state index in [1.807, 2.05) is 0 Å². The van der Waals surface area contributed by atoms with Crippen LogP contribution in [0.15, 0.2) is 29.4 Å². The third-order valence-electron chi connectivity index (χ3n) is 2.16. The Morgan fingerprint density at radius 2 is 2.14 bits per heavy atom. The lowest BCUT2D eigenvalue weighted by Gasteiger charge is -2.22. The molecule has 0 aliphatic heterocycles. The first-order valence-electron chi connectivity index (χ1n) is 4.26. The smallest absolute Gasteiger partial charge is 0.186 e. The number of nitrogens with zero attached hydrogens (tertiary/aromatic N) is 1. The molecule has 14 heavy (non-hydrogen) atoms. The molecule has 0 saturated heterocycles. The molecule has 0 fully saturated rings. The van der Waals surface area contributed by atoms with Gasteiger partial charge in [-0.1, -0.05) is 0 Å². The van der Waals surface area contributed by atoms with Crippen LogP contribution in [-0.2, 0) is 9.84 Å². The molecular formula is C9H14N2O2S. The summed E-state index contributed by atoms with van der Waals surface area (Å²) in [6.07, 6.45) is 2.88. The van der Waals surface area contributed by atoms with Crippen molar-refractivity contribution in [3.05, 3.63) is 24.5 Å². The molecule has 2 N–H and O–H groups in total. The van der Waals surface area contributed by atoms with Gasteiger partial charge in [-0.15, -0.1) is 0 Å². The van der Waals surface area contributed by atoms with Crippen molar-refractivity contribution >= 4 is 9.84 Å². The van der Waals surface area contributed by atoms with Crippen LogP contribution in [0.3, 0.4) is 0 Å². The Kier molecular flexibility index (Phi) is 2.92. The van der Waals surface area contributed by atoms with E-state index in [1.54, 1.807) is 19.9 Å². The lowest BCUT2D eigenvalue weighted by Crippen LogP contribution is -2.39. The van der Waals surface area contributed by atoms with E-state index in [9.17, 15) is 8.42 Å². The molecule has 0 aliphatic rings. The Bertz CT molecular complexity index is 398. The summed E-state index contributed by atoms with van der Waals surface area (Å²) in [5, 5.41) is 0. The Labute approximate surface area is 84.1 Å². The van der Waals surface area contributed by atoms with Crippen molar-refractivity contribution < 1.29 is 8.42 Å². The Balaban J connectivity index is 3.23. The van der Waals surface area contributed by atoms with E-state index in [0.717, 1.165) is 0 Å². The molecule has 1 aromatic heterocycles. The zero-order chi connectivity index (χ0) is 10.8. The topological polar surface area (TPSA) is 73.1 Å². The molecular weight excluding hydrogens is 200 g/mol. The summed E-state index contributed by atoms with van der Waals surface area (Å²) < 4.78 is 23.0. The molecule has 0 atom stereocenters. The summed E-state index contributed by atoms with van der Waals surface area (Å²) >= 11 is 0. The fourth-order valence-electron chi connectivity index (χ4n) is 0.935. The second-order valence-electron chi connectivity index (χ2n) is 3.66. The number of hydrogen-bond donors (Lipinski definition) is 1. The van der Waals surface area contributed by atoms with Gasteiger partial charge in [0.15, 0.2) is 9.84 Å². The SMILES string of the molecule is CC(C)(CN)S(=O)(=O)c1cccnc1. The quantitative estimate of drug-likeness (QED) is 0.799. The van der Waals surface area contributed by atoms with Crippen LogP contribution in [0.2, 0.25) is 0 Å². The van der Waals surface area contributed by atoms with Gasteiger partial charge < -0.3 is 5.73 Å². The highest BCUT2D eigenvalue weighted by molar-refractivity contribution is 7.92. The van der Waals surface area contributed by atoms with Crippen LogP contribution in [0, 0.1) is 0 Å². The molecule has 1 aromatic rings. The fraction of sp³-hybridized carbons (Fsp3) is 0.444. The van der Waals surface area contributed by atoms with Crippen LogP contribution in [0.5, 0.6) is 0 Å². The van der Waals surface area contributed by atoms with Crippen LogP contribution in [-0.4, -0.2) is 24.7 Å². The third-order valence-corrected chi connectivity index (χ3v) is 4.65. The minimum Gasteiger partial charge on any atom is -0.329 e. The molecule has 0 radical (unpaired) electrons. The van der Waals surface area contributed by atoms with Crippen LogP contribution in [0.4, 0.5) is 0 Å². The van der Waals surface area contributed by atoms with Gasteiger partial charge in [-0.3, -0.25) is 4.98 Å². The second kappa shape index (κ2) is 3.67. The van der Waals surface area contributed by atoms with Crippen molar-refractivity contribution in [1.29, 1.82) is 0 Å². The number of nitrogens with two attached hydrogens (primary N) is 1. The van der Waals surface area contributed by atoms with Crippen molar-refractivity contribution in [3.63, 3.8) is 0 Å². The van der Waals surface area contributed by atoms with Crippen LogP contribution in [0.1, 0.15) is 13.8 Å². The maximum Gasteiger partial charge on any atom is 0.186 e. The van der Waals surface area contributed by atoms with E-state index >= 15 is 0 Å². The van der Waals surface area contributed by atoms with Gasteiger partial charge in [-0.2, -0.15) is 0 Å². The largest absolute Gasteiger partial charge is 0.329 e. The Hall–Kier alpha value is -0.940. The van der Waals surface area contributed by atoms with Crippen LogP contribution in [0.25, 0.3) is 0 Å². The average molecular weight is 214 g/mol. The first-order chi connectivity index (χ1) is 6.42.